The summed E-state index contributed by atoms with van der Waals surface area (Å²) in [5, 5.41) is 2.68. The van der Waals surface area contributed by atoms with Gasteiger partial charge in [-0.3, -0.25) is 9.69 Å². The molecule has 0 aliphatic carbocycles. The summed E-state index contributed by atoms with van der Waals surface area (Å²) < 4.78 is 11.1. The van der Waals surface area contributed by atoms with Gasteiger partial charge in [-0.1, -0.05) is 0 Å². The van der Waals surface area contributed by atoms with Crippen LogP contribution in [0.1, 0.15) is 12.5 Å². The summed E-state index contributed by atoms with van der Waals surface area (Å²) in [5.41, 5.74) is 8.60. The summed E-state index contributed by atoms with van der Waals surface area (Å²) in [6.45, 7) is 5.58. The molecule has 138 valence electrons. The number of morpholine rings is 1. The predicted molar refractivity (Wildman–Crippen MR) is 98.2 cm³/mol. The first-order valence-electron chi connectivity index (χ1n) is 8.48. The van der Waals surface area contributed by atoms with Gasteiger partial charge in [-0.15, -0.1) is 0 Å². The van der Waals surface area contributed by atoms with Crippen molar-refractivity contribution in [2.24, 2.45) is 0 Å². The number of nitrogens with one attached hydrogen (secondary N) is 1. The third kappa shape index (κ3) is 4.98. The molecule has 2 aromatic rings. The summed E-state index contributed by atoms with van der Waals surface area (Å²) in [5.74, 6) is 0.783. The molecule has 2 aromatic heterocycles. The van der Waals surface area contributed by atoms with E-state index in [0.29, 0.717) is 25.0 Å². The van der Waals surface area contributed by atoms with Crippen molar-refractivity contribution in [3.63, 3.8) is 0 Å². The first-order valence-corrected chi connectivity index (χ1v) is 8.48. The highest BCUT2D eigenvalue weighted by Crippen LogP contribution is 2.24. The van der Waals surface area contributed by atoms with Gasteiger partial charge < -0.3 is 20.5 Å². The molecule has 8 nitrogen and oxygen atoms in total. The molecule has 1 aliphatic rings. The van der Waals surface area contributed by atoms with E-state index in [-0.39, 0.29) is 5.91 Å². The summed E-state index contributed by atoms with van der Waals surface area (Å²) in [7, 11) is 0. The number of amides is 1. The van der Waals surface area contributed by atoms with Gasteiger partial charge in [0.1, 0.15) is 11.6 Å². The van der Waals surface area contributed by atoms with Crippen LogP contribution in [0.4, 0.5) is 11.6 Å². The molecule has 0 unspecified atom stereocenters. The second kappa shape index (κ2) is 8.70. The molecule has 0 saturated carbocycles. The Morgan fingerprint density at radius 1 is 1.31 bits per heavy atom. The minimum absolute atomic E-state index is 0.165. The van der Waals surface area contributed by atoms with Crippen molar-refractivity contribution in [1.82, 2.24) is 14.9 Å². The zero-order valence-corrected chi connectivity index (χ0v) is 14.8. The van der Waals surface area contributed by atoms with Gasteiger partial charge in [0.25, 0.3) is 0 Å². The lowest BCUT2D eigenvalue weighted by molar-refractivity contribution is -0.114. The molecule has 3 N–H and O–H groups in total. The average Bonchev–Trinajstić information content (AvgIpc) is 2.64. The molecule has 0 spiro atoms. The third-order valence-corrected chi connectivity index (χ3v) is 4.03. The number of anilines is 2. The zero-order valence-electron chi connectivity index (χ0n) is 14.8. The quantitative estimate of drug-likeness (QED) is 0.807. The fourth-order valence-corrected chi connectivity index (χ4v) is 2.67. The van der Waals surface area contributed by atoms with Crippen LogP contribution < -0.4 is 11.1 Å². The number of nitrogens with zero attached hydrogens (tertiary/aromatic N) is 3. The van der Waals surface area contributed by atoms with E-state index in [1.165, 1.54) is 6.92 Å². The standard InChI is InChI=1S/C18H23N5O3/c1-13(24)22-17-9-14(2-3-20-17)15-8-16(18(19)21-10-15)11-26-12-23-4-6-25-7-5-23/h2-3,8-10H,4-7,11-12H2,1H3,(H2,19,21)(H,20,22,24). The van der Waals surface area contributed by atoms with Crippen molar-refractivity contribution in [3.8, 4) is 11.1 Å². The summed E-state index contributed by atoms with van der Waals surface area (Å²) in [4.78, 5) is 21.8. The monoisotopic (exact) mass is 357 g/mol. The number of carbonyl (C=O) groups excluding carboxylic acids is 1. The highest BCUT2D eigenvalue weighted by atomic mass is 16.5. The highest BCUT2D eigenvalue weighted by molar-refractivity contribution is 5.88. The number of ether oxygens (including phenoxy) is 2. The second-order valence-corrected chi connectivity index (χ2v) is 6.09. The van der Waals surface area contributed by atoms with Crippen molar-refractivity contribution in [3.05, 3.63) is 36.2 Å². The van der Waals surface area contributed by atoms with Crippen LogP contribution in [-0.2, 0) is 20.9 Å². The maximum absolute atomic E-state index is 11.2. The molecule has 0 aromatic carbocycles. The number of carbonyl (C=O) groups is 1. The zero-order chi connectivity index (χ0) is 18.4. The molecule has 0 radical (unpaired) electrons. The Morgan fingerprint density at radius 3 is 2.88 bits per heavy atom. The van der Waals surface area contributed by atoms with Crippen LogP contribution in [-0.4, -0.2) is 53.8 Å². The van der Waals surface area contributed by atoms with Gasteiger partial charge in [0.15, 0.2) is 0 Å². The third-order valence-electron chi connectivity index (χ3n) is 4.03. The van der Waals surface area contributed by atoms with Crippen LogP contribution in [0.3, 0.4) is 0 Å². The molecule has 3 rings (SSSR count). The SMILES string of the molecule is CC(=O)Nc1cc(-c2cnc(N)c(COCN3CCOCC3)c2)ccn1. The number of rotatable bonds is 6. The van der Waals surface area contributed by atoms with Crippen molar-refractivity contribution >= 4 is 17.5 Å². The molecular weight excluding hydrogens is 334 g/mol. The lowest BCUT2D eigenvalue weighted by atomic mass is 10.1. The molecule has 0 atom stereocenters. The minimum atomic E-state index is -0.165. The minimum Gasteiger partial charge on any atom is -0.383 e. The van der Waals surface area contributed by atoms with Crippen LogP contribution >= 0.6 is 0 Å². The van der Waals surface area contributed by atoms with Gasteiger partial charge in [-0.25, -0.2) is 9.97 Å². The van der Waals surface area contributed by atoms with Crippen LogP contribution in [0, 0.1) is 0 Å². The summed E-state index contributed by atoms with van der Waals surface area (Å²) in [6, 6.07) is 5.61. The van der Waals surface area contributed by atoms with Crippen LogP contribution in [0.2, 0.25) is 0 Å². The number of aromatic nitrogens is 2. The normalized spacial score (nSPS) is 15.0. The van der Waals surface area contributed by atoms with E-state index in [4.69, 9.17) is 15.2 Å². The maximum atomic E-state index is 11.2. The fourth-order valence-electron chi connectivity index (χ4n) is 2.67. The highest BCUT2D eigenvalue weighted by Gasteiger charge is 2.11. The van der Waals surface area contributed by atoms with Gasteiger partial charge in [0.2, 0.25) is 5.91 Å². The van der Waals surface area contributed by atoms with Gasteiger partial charge in [-0.2, -0.15) is 0 Å². The lowest BCUT2D eigenvalue weighted by Crippen LogP contribution is -2.37. The smallest absolute Gasteiger partial charge is 0.222 e. The average molecular weight is 357 g/mol. The Balaban J connectivity index is 1.68. The molecule has 1 aliphatic heterocycles. The lowest BCUT2D eigenvalue weighted by Gasteiger charge is -2.26. The fraction of sp³-hybridized carbons (Fsp3) is 0.389. The summed E-state index contributed by atoms with van der Waals surface area (Å²) >= 11 is 0. The molecule has 3 heterocycles. The first kappa shape index (κ1) is 18.2. The Morgan fingerprint density at radius 2 is 2.12 bits per heavy atom. The van der Waals surface area contributed by atoms with Crippen molar-refractivity contribution in [1.29, 1.82) is 0 Å². The van der Waals surface area contributed by atoms with E-state index in [9.17, 15) is 4.79 Å². The molecule has 1 saturated heterocycles. The van der Waals surface area contributed by atoms with Crippen LogP contribution in [0.15, 0.2) is 30.6 Å². The molecular formula is C18H23N5O3. The number of pyridine rings is 2. The molecule has 8 heteroatoms. The van der Waals surface area contributed by atoms with E-state index in [2.05, 4.69) is 20.2 Å². The van der Waals surface area contributed by atoms with Crippen LogP contribution in [0.5, 0.6) is 0 Å². The van der Waals surface area contributed by atoms with Gasteiger partial charge in [0.05, 0.1) is 26.6 Å². The Kier molecular flexibility index (Phi) is 6.11. The van der Waals surface area contributed by atoms with Gasteiger partial charge >= 0.3 is 0 Å². The van der Waals surface area contributed by atoms with E-state index >= 15 is 0 Å². The predicted octanol–water partition coefficient (Wildman–Crippen LogP) is 1.49. The van der Waals surface area contributed by atoms with E-state index in [0.717, 1.165) is 43.0 Å². The molecule has 1 fully saturated rings. The van der Waals surface area contributed by atoms with Crippen LogP contribution in [0.25, 0.3) is 11.1 Å². The Labute approximate surface area is 152 Å². The molecule has 1 amide bonds. The maximum Gasteiger partial charge on any atom is 0.222 e. The number of hydrogen-bond acceptors (Lipinski definition) is 7. The number of hydrogen-bond donors (Lipinski definition) is 2. The van der Waals surface area contributed by atoms with Crippen molar-refractivity contribution < 1.29 is 14.3 Å². The second-order valence-electron chi connectivity index (χ2n) is 6.09. The topological polar surface area (TPSA) is 103 Å². The molecule has 26 heavy (non-hydrogen) atoms. The number of nitrogen functional groups attached to an aromatic ring is 1. The van der Waals surface area contributed by atoms with Gasteiger partial charge in [-0.05, 0) is 23.8 Å². The number of nitrogens with two attached hydrogens (primary N) is 1. The Hall–Kier alpha value is -2.55. The molecule has 0 bridgehead atoms. The Bertz CT molecular complexity index is 762. The summed E-state index contributed by atoms with van der Waals surface area (Å²) in [6.07, 6.45) is 3.35. The van der Waals surface area contributed by atoms with Gasteiger partial charge in [0, 0.05) is 43.5 Å². The van der Waals surface area contributed by atoms with E-state index in [1.807, 2.05) is 12.1 Å². The largest absolute Gasteiger partial charge is 0.383 e. The van der Waals surface area contributed by atoms with Crippen molar-refractivity contribution in [2.45, 2.75) is 13.5 Å². The first-order chi connectivity index (χ1) is 12.6. The van der Waals surface area contributed by atoms with E-state index < -0.39 is 0 Å². The van der Waals surface area contributed by atoms with Crippen molar-refractivity contribution in [2.75, 3.05) is 44.1 Å². The van der Waals surface area contributed by atoms with E-state index in [1.54, 1.807) is 18.5 Å².